The lowest BCUT2D eigenvalue weighted by atomic mass is 10.1. The second-order valence-corrected chi connectivity index (χ2v) is 4.99. The lowest BCUT2D eigenvalue weighted by molar-refractivity contribution is -0.132. The fourth-order valence-electron chi connectivity index (χ4n) is 2.19. The zero-order valence-electron chi connectivity index (χ0n) is 12.5. The Bertz CT molecular complexity index is 532. The zero-order valence-corrected chi connectivity index (χ0v) is 12.5. The highest BCUT2D eigenvalue weighted by atomic mass is 16.6. The molecule has 6 nitrogen and oxygen atoms in total. The number of rotatable bonds is 5. The Balaban J connectivity index is 2.02. The Morgan fingerprint density at radius 1 is 1.52 bits per heavy atom. The molecule has 21 heavy (non-hydrogen) atoms. The van der Waals surface area contributed by atoms with Crippen LogP contribution in [0.3, 0.4) is 0 Å². The number of methoxy groups -OCH3 is 1. The summed E-state index contributed by atoms with van der Waals surface area (Å²) in [6.45, 7) is 2.80. The largest absolute Gasteiger partial charge is 0.497 e. The van der Waals surface area contributed by atoms with Crippen molar-refractivity contribution >= 4 is 12.0 Å². The summed E-state index contributed by atoms with van der Waals surface area (Å²) in [5.41, 5.74) is 0.981. The molecule has 0 saturated carbocycles. The molecule has 0 aliphatic carbocycles. The smallest absolute Gasteiger partial charge is 0.410 e. The maximum atomic E-state index is 12.3. The van der Waals surface area contributed by atoms with Crippen molar-refractivity contribution in [1.82, 2.24) is 9.80 Å². The average molecular weight is 292 g/mol. The molecule has 6 heteroatoms. The Hall–Kier alpha value is -2.24. The maximum Gasteiger partial charge on any atom is 0.410 e. The monoisotopic (exact) mass is 292 g/mol. The van der Waals surface area contributed by atoms with Gasteiger partial charge in [0.1, 0.15) is 18.9 Å². The summed E-state index contributed by atoms with van der Waals surface area (Å²) in [6, 6.07) is 7.49. The number of nitrogens with zero attached hydrogens (tertiary/aromatic N) is 2. The molecule has 1 aliphatic rings. The van der Waals surface area contributed by atoms with Crippen molar-refractivity contribution in [3.05, 3.63) is 29.8 Å². The standard InChI is InChI=1S/C15H20N2O4/c1-11(12-5-4-6-13(9-12)20-3)16(2)14(18)10-17-7-8-21-15(17)19/h4-6,9,11H,7-8,10H2,1-3H3/t11-/m0/s1. The second kappa shape index (κ2) is 6.47. The van der Waals surface area contributed by atoms with Gasteiger partial charge in [-0.25, -0.2) is 4.79 Å². The molecule has 2 rings (SSSR count). The van der Waals surface area contributed by atoms with Crippen molar-refractivity contribution in [3.63, 3.8) is 0 Å². The van der Waals surface area contributed by atoms with Gasteiger partial charge >= 0.3 is 6.09 Å². The number of likely N-dealkylation sites (N-methyl/N-ethyl adjacent to an activating group) is 1. The lowest BCUT2D eigenvalue weighted by Gasteiger charge is -2.27. The summed E-state index contributed by atoms with van der Waals surface area (Å²) in [5, 5.41) is 0. The zero-order chi connectivity index (χ0) is 15.4. The van der Waals surface area contributed by atoms with Crippen molar-refractivity contribution in [2.24, 2.45) is 0 Å². The Labute approximate surface area is 124 Å². The van der Waals surface area contributed by atoms with Gasteiger partial charge in [0.05, 0.1) is 19.7 Å². The third kappa shape index (κ3) is 3.45. The van der Waals surface area contributed by atoms with Gasteiger partial charge in [-0.1, -0.05) is 12.1 Å². The molecule has 0 aromatic heterocycles. The van der Waals surface area contributed by atoms with Crippen LogP contribution in [0.2, 0.25) is 0 Å². The van der Waals surface area contributed by atoms with Gasteiger partial charge in [-0.3, -0.25) is 9.69 Å². The van der Waals surface area contributed by atoms with Gasteiger partial charge in [-0.15, -0.1) is 0 Å². The Kier molecular flexibility index (Phi) is 4.67. The lowest BCUT2D eigenvalue weighted by Crippen LogP contribution is -2.39. The molecular formula is C15H20N2O4. The molecule has 114 valence electrons. The van der Waals surface area contributed by atoms with Gasteiger partial charge in [0.2, 0.25) is 5.91 Å². The third-order valence-electron chi connectivity index (χ3n) is 3.72. The first-order chi connectivity index (χ1) is 10.0. The predicted molar refractivity (Wildman–Crippen MR) is 77.1 cm³/mol. The Morgan fingerprint density at radius 3 is 2.90 bits per heavy atom. The van der Waals surface area contributed by atoms with Crippen LogP contribution >= 0.6 is 0 Å². The number of hydrogen-bond acceptors (Lipinski definition) is 4. The number of carbonyl (C=O) groups excluding carboxylic acids is 2. The van der Waals surface area contributed by atoms with E-state index in [0.717, 1.165) is 11.3 Å². The SMILES string of the molecule is COc1cccc([C@H](C)N(C)C(=O)CN2CCOC2=O)c1. The summed E-state index contributed by atoms with van der Waals surface area (Å²) < 4.78 is 10.0. The third-order valence-corrected chi connectivity index (χ3v) is 3.72. The quantitative estimate of drug-likeness (QED) is 0.828. The summed E-state index contributed by atoms with van der Waals surface area (Å²) in [7, 11) is 3.34. The number of benzene rings is 1. The van der Waals surface area contributed by atoms with Gasteiger partial charge in [-0.2, -0.15) is 0 Å². The molecule has 1 atom stereocenters. The van der Waals surface area contributed by atoms with Gasteiger partial charge in [0, 0.05) is 7.05 Å². The molecule has 0 unspecified atom stereocenters. The van der Waals surface area contributed by atoms with Crippen LogP contribution in [0.5, 0.6) is 5.75 Å². The van der Waals surface area contributed by atoms with E-state index in [-0.39, 0.29) is 18.5 Å². The Morgan fingerprint density at radius 2 is 2.29 bits per heavy atom. The van der Waals surface area contributed by atoms with Crippen LogP contribution in [0.1, 0.15) is 18.5 Å². The van der Waals surface area contributed by atoms with Crippen LogP contribution < -0.4 is 4.74 Å². The number of carbonyl (C=O) groups is 2. The predicted octanol–water partition coefficient (Wildman–Crippen LogP) is 1.67. The molecule has 0 spiro atoms. The average Bonchev–Trinajstić information content (AvgIpc) is 2.90. The number of cyclic esters (lactones) is 1. The van der Waals surface area contributed by atoms with E-state index in [1.807, 2.05) is 31.2 Å². The summed E-state index contributed by atoms with van der Waals surface area (Å²) in [4.78, 5) is 26.7. The van der Waals surface area contributed by atoms with E-state index in [1.54, 1.807) is 19.1 Å². The first kappa shape index (κ1) is 15.2. The summed E-state index contributed by atoms with van der Waals surface area (Å²) >= 11 is 0. The highest BCUT2D eigenvalue weighted by Crippen LogP contribution is 2.23. The molecule has 0 bridgehead atoms. The van der Waals surface area contributed by atoms with Crippen molar-refractivity contribution in [3.8, 4) is 5.75 Å². The minimum atomic E-state index is -0.425. The van der Waals surface area contributed by atoms with Crippen LogP contribution in [0.15, 0.2) is 24.3 Å². The molecule has 1 heterocycles. The fourth-order valence-corrected chi connectivity index (χ4v) is 2.19. The molecular weight excluding hydrogens is 272 g/mol. The molecule has 1 fully saturated rings. The van der Waals surface area contributed by atoms with E-state index in [1.165, 1.54) is 4.90 Å². The van der Waals surface area contributed by atoms with Gasteiger partial charge in [-0.05, 0) is 24.6 Å². The van der Waals surface area contributed by atoms with Crippen molar-refractivity contribution < 1.29 is 19.1 Å². The topological polar surface area (TPSA) is 59.1 Å². The second-order valence-electron chi connectivity index (χ2n) is 4.99. The fraction of sp³-hybridized carbons (Fsp3) is 0.467. The van der Waals surface area contributed by atoms with E-state index in [4.69, 9.17) is 9.47 Å². The molecule has 2 amide bonds. The first-order valence-electron chi connectivity index (χ1n) is 6.84. The van der Waals surface area contributed by atoms with E-state index in [0.29, 0.717) is 13.2 Å². The van der Waals surface area contributed by atoms with E-state index < -0.39 is 6.09 Å². The number of hydrogen-bond donors (Lipinski definition) is 0. The van der Waals surface area contributed by atoms with Crippen LogP contribution in [0.25, 0.3) is 0 Å². The number of ether oxygens (including phenoxy) is 2. The molecule has 1 aliphatic heterocycles. The minimum absolute atomic E-state index is 0.0453. The first-order valence-corrected chi connectivity index (χ1v) is 6.84. The minimum Gasteiger partial charge on any atom is -0.497 e. The molecule has 1 aromatic rings. The molecule has 0 N–H and O–H groups in total. The highest BCUT2D eigenvalue weighted by molar-refractivity contribution is 5.83. The van der Waals surface area contributed by atoms with Crippen LogP contribution in [-0.4, -0.2) is 55.7 Å². The van der Waals surface area contributed by atoms with E-state index in [9.17, 15) is 9.59 Å². The maximum absolute atomic E-state index is 12.3. The highest BCUT2D eigenvalue weighted by Gasteiger charge is 2.27. The van der Waals surface area contributed by atoms with Crippen molar-refractivity contribution in [2.75, 3.05) is 33.9 Å². The van der Waals surface area contributed by atoms with Crippen LogP contribution in [-0.2, 0) is 9.53 Å². The summed E-state index contributed by atoms with van der Waals surface area (Å²) in [5.74, 6) is 0.632. The van der Waals surface area contributed by atoms with E-state index in [2.05, 4.69) is 0 Å². The van der Waals surface area contributed by atoms with Gasteiger partial charge < -0.3 is 14.4 Å². The van der Waals surface area contributed by atoms with Crippen LogP contribution in [0.4, 0.5) is 4.79 Å². The van der Waals surface area contributed by atoms with Gasteiger partial charge in [0.25, 0.3) is 0 Å². The van der Waals surface area contributed by atoms with Crippen molar-refractivity contribution in [1.29, 1.82) is 0 Å². The molecule has 1 aromatic carbocycles. The molecule has 0 radical (unpaired) electrons. The number of amides is 2. The van der Waals surface area contributed by atoms with E-state index >= 15 is 0 Å². The van der Waals surface area contributed by atoms with Gasteiger partial charge in [0.15, 0.2) is 0 Å². The summed E-state index contributed by atoms with van der Waals surface area (Å²) in [6.07, 6.45) is -0.425. The van der Waals surface area contributed by atoms with Crippen LogP contribution in [0, 0.1) is 0 Å². The van der Waals surface area contributed by atoms with Crippen molar-refractivity contribution in [2.45, 2.75) is 13.0 Å². The molecule has 1 saturated heterocycles. The normalized spacial score (nSPS) is 15.6.